The van der Waals surface area contributed by atoms with Crippen LogP contribution < -0.4 is 10.1 Å². The summed E-state index contributed by atoms with van der Waals surface area (Å²) in [7, 11) is 1.49. The van der Waals surface area contributed by atoms with Crippen molar-refractivity contribution in [3.05, 3.63) is 16.3 Å². The van der Waals surface area contributed by atoms with E-state index in [4.69, 9.17) is 9.47 Å². The molecule has 0 spiro atoms. The van der Waals surface area contributed by atoms with Crippen LogP contribution in [0.25, 0.3) is 0 Å². The van der Waals surface area contributed by atoms with Crippen LogP contribution in [0.2, 0.25) is 0 Å². The maximum Gasteiger partial charge on any atom is 0.328 e. The van der Waals surface area contributed by atoms with Crippen molar-refractivity contribution in [2.24, 2.45) is 0 Å². The summed E-state index contributed by atoms with van der Waals surface area (Å²) < 4.78 is 9.83. The van der Waals surface area contributed by atoms with Crippen LogP contribution in [0.4, 0.5) is 0 Å². The lowest BCUT2D eigenvalue weighted by atomic mass is 10.3. The summed E-state index contributed by atoms with van der Waals surface area (Å²) in [5.74, 6) is -0.280. The Morgan fingerprint density at radius 2 is 2.24 bits per heavy atom. The lowest BCUT2D eigenvalue weighted by Crippen LogP contribution is -2.39. The van der Waals surface area contributed by atoms with E-state index in [0.717, 1.165) is 0 Å². The monoisotopic (exact) mass is 257 g/mol. The SMILES string of the molecule is CCOC(=O)C(C)NC(=O)c1sccc1OC. The predicted molar refractivity (Wildman–Crippen MR) is 64.4 cm³/mol. The van der Waals surface area contributed by atoms with Crippen molar-refractivity contribution in [2.75, 3.05) is 13.7 Å². The first kappa shape index (κ1) is 13.5. The van der Waals surface area contributed by atoms with Crippen LogP contribution in [0.1, 0.15) is 23.5 Å². The Morgan fingerprint density at radius 1 is 1.53 bits per heavy atom. The number of rotatable bonds is 5. The molecule has 1 rings (SSSR count). The average Bonchev–Trinajstić information content (AvgIpc) is 2.77. The van der Waals surface area contributed by atoms with E-state index in [1.807, 2.05) is 0 Å². The maximum absolute atomic E-state index is 11.8. The zero-order valence-electron chi connectivity index (χ0n) is 9.98. The van der Waals surface area contributed by atoms with Crippen molar-refractivity contribution in [3.63, 3.8) is 0 Å². The van der Waals surface area contributed by atoms with Crippen LogP contribution >= 0.6 is 11.3 Å². The van der Waals surface area contributed by atoms with Crippen LogP contribution in [-0.2, 0) is 9.53 Å². The smallest absolute Gasteiger partial charge is 0.328 e. The first-order chi connectivity index (χ1) is 8.10. The number of hydrogen-bond acceptors (Lipinski definition) is 5. The zero-order chi connectivity index (χ0) is 12.8. The summed E-state index contributed by atoms with van der Waals surface area (Å²) in [6.45, 7) is 3.59. The van der Waals surface area contributed by atoms with E-state index in [0.29, 0.717) is 17.2 Å². The van der Waals surface area contributed by atoms with Gasteiger partial charge >= 0.3 is 5.97 Å². The van der Waals surface area contributed by atoms with Gasteiger partial charge in [-0.1, -0.05) is 0 Å². The molecule has 0 bridgehead atoms. The quantitative estimate of drug-likeness (QED) is 0.811. The lowest BCUT2D eigenvalue weighted by molar-refractivity contribution is -0.144. The van der Waals surface area contributed by atoms with Crippen LogP contribution in [0.15, 0.2) is 11.4 Å². The highest BCUT2D eigenvalue weighted by atomic mass is 32.1. The maximum atomic E-state index is 11.8. The van der Waals surface area contributed by atoms with Gasteiger partial charge in [0.1, 0.15) is 16.7 Å². The van der Waals surface area contributed by atoms with E-state index in [1.165, 1.54) is 18.4 Å². The number of methoxy groups -OCH3 is 1. The van der Waals surface area contributed by atoms with Crippen molar-refractivity contribution in [3.8, 4) is 5.75 Å². The number of thiophene rings is 1. The number of esters is 1. The molecule has 94 valence electrons. The van der Waals surface area contributed by atoms with Gasteiger partial charge in [0.05, 0.1) is 13.7 Å². The Morgan fingerprint density at radius 3 is 2.82 bits per heavy atom. The highest BCUT2D eigenvalue weighted by Gasteiger charge is 2.20. The van der Waals surface area contributed by atoms with E-state index < -0.39 is 12.0 Å². The number of hydrogen-bond donors (Lipinski definition) is 1. The van der Waals surface area contributed by atoms with Gasteiger partial charge in [0, 0.05) is 0 Å². The molecule has 1 N–H and O–H groups in total. The van der Waals surface area contributed by atoms with Crippen LogP contribution in [0.3, 0.4) is 0 Å². The largest absolute Gasteiger partial charge is 0.495 e. The van der Waals surface area contributed by atoms with Crippen LogP contribution in [0.5, 0.6) is 5.75 Å². The molecule has 1 aromatic heterocycles. The predicted octanol–water partition coefficient (Wildman–Crippen LogP) is 1.44. The van der Waals surface area contributed by atoms with Crippen LogP contribution in [-0.4, -0.2) is 31.6 Å². The van der Waals surface area contributed by atoms with Gasteiger partial charge in [-0.05, 0) is 25.3 Å². The summed E-state index contributed by atoms with van der Waals surface area (Å²) in [4.78, 5) is 23.6. The first-order valence-electron chi connectivity index (χ1n) is 5.19. The van der Waals surface area contributed by atoms with Gasteiger partial charge in [0.15, 0.2) is 0 Å². The number of nitrogens with one attached hydrogen (secondary N) is 1. The normalized spacial score (nSPS) is 11.7. The molecule has 1 amide bonds. The molecule has 1 aromatic rings. The van der Waals surface area contributed by atoms with Gasteiger partial charge in [-0.25, -0.2) is 4.79 Å². The summed E-state index contributed by atoms with van der Waals surface area (Å²) >= 11 is 1.26. The Hall–Kier alpha value is -1.56. The fourth-order valence-electron chi connectivity index (χ4n) is 1.21. The highest BCUT2D eigenvalue weighted by molar-refractivity contribution is 7.12. The van der Waals surface area contributed by atoms with Crippen molar-refractivity contribution < 1.29 is 19.1 Å². The third kappa shape index (κ3) is 3.45. The standard InChI is InChI=1S/C11H15NO4S/c1-4-16-11(14)7(2)12-10(13)9-8(15-3)5-6-17-9/h5-7H,4H2,1-3H3,(H,12,13). The Balaban J connectivity index is 2.63. The Bertz CT molecular complexity index is 402. The fourth-order valence-corrected chi connectivity index (χ4v) is 1.97. The fraction of sp³-hybridized carbons (Fsp3) is 0.455. The second-order valence-corrected chi connectivity index (χ2v) is 4.18. The minimum Gasteiger partial charge on any atom is -0.495 e. The Kier molecular flexibility index (Phi) is 4.96. The molecule has 0 aliphatic rings. The van der Waals surface area contributed by atoms with Gasteiger partial charge < -0.3 is 14.8 Å². The molecule has 0 aromatic carbocycles. The molecule has 1 unspecified atom stereocenters. The van der Waals surface area contributed by atoms with Gasteiger partial charge in [0.25, 0.3) is 5.91 Å². The average molecular weight is 257 g/mol. The molecule has 0 fully saturated rings. The third-order valence-corrected chi connectivity index (χ3v) is 2.94. The second-order valence-electron chi connectivity index (χ2n) is 3.27. The van der Waals surface area contributed by atoms with Crippen molar-refractivity contribution in [1.82, 2.24) is 5.32 Å². The topological polar surface area (TPSA) is 64.6 Å². The van der Waals surface area contributed by atoms with E-state index in [1.54, 1.807) is 25.3 Å². The Labute approximate surface area is 104 Å². The minimum absolute atomic E-state index is 0.293. The van der Waals surface area contributed by atoms with E-state index in [9.17, 15) is 9.59 Å². The number of carbonyl (C=O) groups excluding carboxylic acids is 2. The van der Waals surface area contributed by atoms with Crippen molar-refractivity contribution in [2.45, 2.75) is 19.9 Å². The van der Waals surface area contributed by atoms with Crippen molar-refractivity contribution >= 4 is 23.2 Å². The summed E-state index contributed by atoms with van der Waals surface area (Å²) in [6, 6.07) is 1.03. The molecular formula is C11H15NO4S. The van der Waals surface area contributed by atoms with Gasteiger partial charge in [0.2, 0.25) is 0 Å². The number of carbonyl (C=O) groups is 2. The molecule has 0 aliphatic heterocycles. The minimum atomic E-state index is -0.672. The summed E-state index contributed by atoms with van der Waals surface area (Å²) in [5, 5.41) is 4.31. The second kappa shape index (κ2) is 6.24. The lowest BCUT2D eigenvalue weighted by Gasteiger charge is -2.12. The highest BCUT2D eigenvalue weighted by Crippen LogP contribution is 2.24. The molecule has 5 nitrogen and oxygen atoms in total. The molecule has 0 saturated heterocycles. The molecule has 6 heteroatoms. The number of amides is 1. The number of ether oxygens (including phenoxy) is 2. The molecule has 1 heterocycles. The van der Waals surface area contributed by atoms with Crippen molar-refractivity contribution in [1.29, 1.82) is 0 Å². The van der Waals surface area contributed by atoms with Gasteiger partial charge in [-0.15, -0.1) is 11.3 Å². The van der Waals surface area contributed by atoms with Gasteiger partial charge in [-0.3, -0.25) is 4.79 Å². The molecule has 0 aliphatic carbocycles. The third-order valence-electron chi connectivity index (χ3n) is 2.04. The van der Waals surface area contributed by atoms with Crippen LogP contribution in [0, 0.1) is 0 Å². The van der Waals surface area contributed by atoms with Gasteiger partial charge in [-0.2, -0.15) is 0 Å². The summed E-state index contributed by atoms with van der Waals surface area (Å²) in [6.07, 6.45) is 0. The molecule has 0 radical (unpaired) electrons. The molecule has 1 atom stereocenters. The van der Waals surface area contributed by atoms with E-state index in [-0.39, 0.29) is 5.91 Å². The van der Waals surface area contributed by atoms with E-state index >= 15 is 0 Å². The molecule has 17 heavy (non-hydrogen) atoms. The molecule has 0 saturated carbocycles. The molecular weight excluding hydrogens is 242 g/mol. The summed E-state index contributed by atoms with van der Waals surface area (Å²) in [5.41, 5.74) is 0. The zero-order valence-corrected chi connectivity index (χ0v) is 10.8. The van der Waals surface area contributed by atoms with E-state index in [2.05, 4.69) is 5.32 Å². The first-order valence-corrected chi connectivity index (χ1v) is 6.07.